The highest BCUT2D eigenvalue weighted by Crippen LogP contribution is 2.24. The number of benzene rings is 2. The van der Waals surface area contributed by atoms with Crippen LogP contribution in [0.15, 0.2) is 36.4 Å². The minimum absolute atomic E-state index is 0.0609. The quantitative estimate of drug-likeness (QED) is 0.753. The minimum Gasteiger partial charge on any atom is -0.497 e. The first kappa shape index (κ1) is 14.8. The first-order chi connectivity index (χ1) is 9.67. The standard InChI is InChI=1S/C16H21NO3/c1-11(17-15(9-18)10-19)12-3-4-14-8-16(20-2)6-5-13(14)7-12/h3-8,11,15,17-19H,9-10H2,1-2H3. The number of hydrogen-bond acceptors (Lipinski definition) is 4. The van der Waals surface area contributed by atoms with Crippen LogP contribution in [0.2, 0.25) is 0 Å². The summed E-state index contributed by atoms with van der Waals surface area (Å²) in [6, 6.07) is 11.9. The molecule has 0 saturated carbocycles. The summed E-state index contributed by atoms with van der Waals surface area (Å²) in [6.07, 6.45) is 0. The Labute approximate surface area is 119 Å². The molecule has 3 N–H and O–H groups in total. The zero-order valence-electron chi connectivity index (χ0n) is 11.8. The van der Waals surface area contributed by atoms with Gasteiger partial charge in [0.2, 0.25) is 0 Å². The van der Waals surface area contributed by atoms with Crippen LogP contribution >= 0.6 is 0 Å². The van der Waals surface area contributed by atoms with E-state index in [-0.39, 0.29) is 25.3 Å². The highest BCUT2D eigenvalue weighted by Gasteiger charge is 2.12. The molecule has 0 saturated heterocycles. The van der Waals surface area contributed by atoms with E-state index in [1.165, 1.54) is 0 Å². The minimum atomic E-state index is -0.295. The SMILES string of the molecule is COc1ccc2cc(C(C)NC(CO)CO)ccc2c1. The molecule has 4 heteroatoms. The first-order valence-electron chi connectivity index (χ1n) is 6.73. The Morgan fingerprint density at radius 3 is 2.35 bits per heavy atom. The first-order valence-corrected chi connectivity index (χ1v) is 6.73. The summed E-state index contributed by atoms with van der Waals surface area (Å²) in [7, 11) is 1.66. The van der Waals surface area contributed by atoms with Gasteiger partial charge in [-0.1, -0.05) is 18.2 Å². The van der Waals surface area contributed by atoms with E-state index in [2.05, 4.69) is 17.4 Å². The molecule has 0 bridgehead atoms. The van der Waals surface area contributed by atoms with Crippen molar-refractivity contribution in [3.05, 3.63) is 42.0 Å². The average Bonchev–Trinajstić information content (AvgIpc) is 2.51. The van der Waals surface area contributed by atoms with E-state index < -0.39 is 0 Å². The third-order valence-corrected chi connectivity index (χ3v) is 3.50. The second-order valence-electron chi connectivity index (χ2n) is 4.92. The third-order valence-electron chi connectivity index (χ3n) is 3.50. The molecular formula is C16H21NO3. The second-order valence-corrected chi connectivity index (χ2v) is 4.92. The molecule has 0 aliphatic heterocycles. The summed E-state index contributed by atoms with van der Waals surface area (Å²) < 4.78 is 5.21. The largest absolute Gasteiger partial charge is 0.497 e. The number of hydrogen-bond donors (Lipinski definition) is 3. The van der Waals surface area contributed by atoms with E-state index in [4.69, 9.17) is 14.9 Å². The van der Waals surface area contributed by atoms with Crippen LogP contribution in [0, 0.1) is 0 Å². The van der Waals surface area contributed by atoms with E-state index in [9.17, 15) is 0 Å². The Morgan fingerprint density at radius 2 is 1.70 bits per heavy atom. The fraction of sp³-hybridized carbons (Fsp3) is 0.375. The Hall–Kier alpha value is -1.62. The summed E-state index contributed by atoms with van der Waals surface area (Å²) >= 11 is 0. The predicted octanol–water partition coefficient (Wildman–Crippen LogP) is 1.85. The van der Waals surface area contributed by atoms with Crippen LogP contribution in [0.4, 0.5) is 0 Å². The summed E-state index contributed by atoms with van der Waals surface area (Å²) in [5, 5.41) is 23.7. The van der Waals surface area contributed by atoms with Crippen molar-refractivity contribution in [1.29, 1.82) is 0 Å². The van der Waals surface area contributed by atoms with Crippen LogP contribution in [0.3, 0.4) is 0 Å². The molecule has 4 nitrogen and oxygen atoms in total. The fourth-order valence-corrected chi connectivity index (χ4v) is 2.25. The topological polar surface area (TPSA) is 61.7 Å². The number of fused-ring (bicyclic) bond motifs is 1. The van der Waals surface area contributed by atoms with Crippen LogP contribution in [0.5, 0.6) is 5.75 Å². The summed E-state index contributed by atoms with van der Waals surface area (Å²) in [5.41, 5.74) is 1.12. The van der Waals surface area contributed by atoms with Crippen LogP contribution in [0.1, 0.15) is 18.5 Å². The van der Waals surface area contributed by atoms with Gasteiger partial charge < -0.3 is 20.3 Å². The lowest BCUT2D eigenvalue weighted by atomic mass is 10.0. The molecule has 0 aromatic heterocycles. The van der Waals surface area contributed by atoms with E-state index in [1.54, 1.807) is 7.11 Å². The van der Waals surface area contributed by atoms with Gasteiger partial charge in [0, 0.05) is 6.04 Å². The number of aliphatic hydroxyl groups is 2. The Balaban J connectivity index is 2.22. The van der Waals surface area contributed by atoms with Gasteiger partial charge in [-0.2, -0.15) is 0 Å². The lowest BCUT2D eigenvalue weighted by Crippen LogP contribution is -2.37. The number of ether oxygens (including phenoxy) is 1. The molecule has 0 aliphatic rings. The molecule has 0 amide bonds. The monoisotopic (exact) mass is 275 g/mol. The van der Waals surface area contributed by atoms with Gasteiger partial charge in [-0.05, 0) is 41.5 Å². The zero-order valence-corrected chi connectivity index (χ0v) is 11.8. The van der Waals surface area contributed by atoms with Gasteiger partial charge >= 0.3 is 0 Å². The van der Waals surface area contributed by atoms with Crippen molar-refractivity contribution in [3.63, 3.8) is 0 Å². The lowest BCUT2D eigenvalue weighted by molar-refractivity contribution is 0.163. The molecule has 0 spiro atoms. The molecule has 1 unspecified atom stereocenters. The Kier molecular flexibility index (Phi) is 4.95. The Morgan fingerprint density at radius 1 is 1.05 bits per heavy atom. The molecule has 0 radical (unpaired) electrons. The van der Waals surface area contributed by atoms with Crippen LogP contribution in [0.25, 0.3) is 10.8 Å². The maximum atomic E-state index is 9.11. The molecule has 0 heterocycles. The Bertz CT molecular complexity index is 567. The number of nitrogens with one attached hydrogen (secondary N) is 1. The molecule has 2 rings (SSSR count). The fourth-order valence-electron chi connectivity index (χ4n) is 2.25. The summed E-state index contributed by atoms with van der Waals surface area (Å²) in [5.74, 6) is 0.844. The molecule has 0 fully saturated rings. The lowest BCUT2D eigenvalue weighted by Gasteiger charge is -2.20. The highest BCUT2D eigenvalue weighted by molar-refractivity contribution is 5.84. The van der Waals surface area contributed by atoms with Crippen molar-refractivity contribution < 1.29 is 14.9 Å². The van der Waals surface area contributed by atoms with Gasteiger partial charge in [-0.25, -0.2) is 0 Å². The zero-order chi connectivity index (χ0) is 14.5. The molecule has 2 aromatic carbocycles. The highest BCUT2D eigenvalue weighted by atomic mass is 16.5. The van der Waals surface area contributed by atoms with E-state index in [0.29, 0.717) is 0 Å². The van der Waals surface area contributed by atoms with Gasteiger partial charge in [0.1, 0.15) is 5.75 Å². The third kappa shape index (κ3) is 3.28. The smallest absolute Gasteiger partial charge is 0.119 e. The predicted molar refractivity (Wildman–Crippen MR) is 80.0 cm³/mol. The van der Waals surface area contributed by atoms with Crippen LogP contribution in [-0.2, 0) is 0 Å². The van der Waals surface area contributed by atoms with Crippen molar-refractivity contribution in [2.24, 2.45) is 0 Å². The van der Waals surface area contributed by atoms with Gasteiger partial charge in [-0.15, -0.1) is 0 Å². The average molecular weight is 275 g/mol. The molecule has 2 aromatic rings. The molecule has 1 atom stereocenters. The van der Waals surface area contributed by atoms with Crippen molar-refractivity contribution in [2.45, 2.75) is 19.0 Å². The van der Waals surface area contributed by atoms with Gasteiger partial charge in [0.15, 0.2) is 0 Å². The van der Waals surface area contributed by atoms with Crippen molar-refractivity contribution in [2.75, 3.05) is 20.3 Å². The number of rotatable bonds is 6. The van der Waals surface area contributed by atoms with Crippen molar-refractivity contribution in [3.8, 4) is 5.75 Å². The maximum absolute atomic E-state index is 9.11. The maximum Gasteiger partial charge on any atom is 0.119 e. The van der Waals surface area contributed by atoms with Crippen molar-refractivity contribution >= 4 is 10.8 Å². The molecule has 20 heavy (non-hydrogen) atoms. The second kappa shape index (κ2) is 6.70. The normalized spacial score (nSPS) is 12.8. The molecular weight excluding hydrogens is 254 g/mol. The van der Waals surface area contributed by atoms with Crippen LogP contribution in [-0.4, -0.2) is 36.6 Å². The number of methoxy groups -OCH3 is 1. The van der Waals surface area contributed by atoms with Crippen LogP contribution < -0.4 is 10.1 Å². The van der Waals surface area contributed by atoms with Gasteiger partial charge in [0.25, 0.3) is 0 Å². The molecule has 0 aliphatic carbocycles. The number of aliphatic hydroxyl groups excluding tert-OH is 2. The molecule has 108 valence electrons. The van der Waals surface area contributed by atoms with E-state index >= 15 is 0 Å². The van der Waals surface area contributed by atoms with Gasteiger partial charge in [0.05, 0.1) is 26.4 Å². The van der Waals surface area contributed by atoms with E-state index in [0.717, 1.165) is 22.1 Å². The van der Waals surface area contributed by atoms with Gasteiger partial charge in [-0.3, -0.25) is 0 Å². The van der Waals surface area contributed by atoms with E-state index in [1.807, 2.05) is 31.2 Å². The van der Waals surface area contributed by atoms with Crippen molar-refractivity contribution in [1.82, 2.24) is 5.32 Å². The summed E-state index contributed by atoms with van der Waals surface area (Å²) in [4.78, 5) is 0. The summed E-state index contributed by atoms with van der Waals surface area (Å²) in [6.45, 7) is 1.86.